The van der Waals surface area contributed by atoms with E-state index in [2.05, 4.69) is 13.8 Å². The van der Waals surface area contributed by atoms with Crippen molar-refractivity contribution in [2.75, 3.05) is 26.2 Å². The van der Waals surface area contributed by atoms with E-state index in [1.807, 2.05) is 0 Å². The molecule has 0 aromatic heterocycles. The molecule has 0 amide bonds. The molecule has 0 radical (unpaired) electrons. The van der Waals surface area contributed by atoms with Crippen molar-refractivity contribution in [3.8, 4) is 0 Å². The first-order valence-corrected chi connectivity index (χ1v) is 10.7. The Morgan fingerprint density at radius 3 is 2.04 bits per heavy atom. The average Bonchev–Trinajstić information content (AvgIpc) is 2.51. The summed E-state index contributed by atoms with van der Waals surface area (Å²) in [6, 6.07) is 0.0841. The Labute approximate surface area is 153 Å². The van der Waals surface area contributed by atoms with Gasteiger partial charge >= 0.3 is 0 Å². The van der Waals surface area contributed by atoms with Crippen LogP contribution in [0.25, 0.3) is 0 Å². The molecule has 0 bridgehead atoms. The Bertz CT molecular complexity index is 522. The molecule has 2 N–H and O–H groups in total. The molecule has 3 rings (SSSR count). The van der Waals surface area contributed by atoms with Crippen LogP contribution in [-0.4, -0.2) is 49.2 Å². The minimum absolute atomic E-state index is 0. The van der Waals surface area contributed by atoms with Gasteiger partial charge in [0.05, 0.1) is 0 Å². The maximum atomic E-state index is 13.0. The molecule has 3 aliphatic rings. The Morgan fingerprint density at radius 2 is 1.50 bits per heavy atom. The number of hydrogen-bond donors (Lipinski definition) is 1. The lowest BCUT2D eigenvalue weighted by Crippen LogP contribution is -2.58. The van der Waals surface area contributed by atoms with Crippen molar-refractivity contribution < 1.29 is 8.42 Å². The van der Waals surface area contributed by atoms with Gasteiger partial charge < -0.3 is 5.73 Å². The van der Waals surface area contributed by atoms with E-state index in [0.717, 1.165) is 19.3 Å². The topological polar surface area (TPSA) is 66.6 Å². The summed E-state index contributed by atoms with van der Waals surface area (Å²) in [5.74, 6) is 0. The van der Waals surface area contributed by atoms with Crippen molar-refractivity contribution in [3.63, 3.8) is 0 Å². The van der Waals surface area contributed by atoms with E-state index in [1.165, 1.54) is 32.1 Å². The highest BCUT2D eigenvalue weighted by Crippen LogP contribution is 2.45. The zero-order chi connectivity index (χ0) is 16.7. The van der Waals surface area contributed by atoms with Crippen LogP contribution in [0.5, 0.6) is 0 Å². The third kappa shape index (κ3) is 3.93. The van der Waals surface area contributed by atoms with Crippen LogP contribution < -0.4 is 5.73 Å². The van der Waals surface area contributed by atoms with E-state index in [4.69, 9.17) is 5.73 Å². The fraction of sp³-hybridized carbons (Fsp3) is 1.00. The minimum atomic E-state index is -3.32. The fourth-order valence-corrected chi connectivity index (χ4v) is 6.48. The molecule has 2 aliphatic heterocycles. The van der Waals surface area contributed by atoms with Crippen molar-refractivity contribution in [2.45, 2.75) is 71.3 Å². The SMILES string of the molecule is CC1(C)CN(S(=O)(=O)N2CCC3(CCCCC3)CC2)CCC1N.Cl. The highest BCUT2D eigenvalue weighted by atomic mass is 35.5. The molecule has 1 aliphatic carbocycles. The summed E-state index contributed by atoms with van der Waals surface area (Å²) in [5, 5.41) is 0. The van der Waals surface area contributed by atoms with Crippen LogP contribution in [0, 0.1) is 10.8 Å². The molecule has 5 nitrogen and oxygen atoms in total. The predicted molar refractivity (Wildman–Crippen MR) is 100 cm³/mol. The molecule has 142 valence electrons. The van der Waals surface area contributed by atoms with E-state index < -0.39 is 10.2 Å². The number of halogens is 1. The summed E-state index contributed by atoms with van der Waals surface area (Å²) in [6.45, 7) is 6.66. The van der Waals surface area contributed by atoms with Gasteiger partial charge in [-0.1, -0.05) is 33.1 Å². The average molecular weight is 380 g/mol. The van der Waals surface area contributed by atoms with Gasteiger partial charge in [0.25, 0.3) is 10.2 Å². The predicted octanol–water partition coefficient (Wildman–Crippen LogP) is 2.76. The molecule has 1 saturated carbocycles. The van der Waals surface area contributed by atoms with E-state index in [-0.39, 0.29) is 23.9 Å². The van der Waals surface area contributed by atoms with Gasteiger partial charge in [-0.2, -0.15) is 17.0 Å². The third-order valence-electron chi connectivity index (χ3n) is 6.63. The molecule has 7 heteroatoms. The molecule has 24 heavy (non-hydrogen) atoms. The zero-order valence-electron chi connectivity index (χ0n) is 15.2. The minimum Gasteiger partial charge on any atom is -0.327 e. The first-order chi connectivity index (χ1) is 10.8. The second kappa shape index (κ2) is 7.39. The van der Waals surface area contributed by atoms with Crippen molar-refractivity contribution in [1.82, 2.24) is 8.61 Å². The lowest BCUT2D eigenvalue weighted by atomic mass is 9.68. The summed E-state index contributed by atoms with van der Waals surface area (Å²) >= 11 is 0. The number of nitrogens with two attached hydrogens (primary N) is 1. The summed E-state index contributed by atoms with van der Waals surface area (Å²) in [4.78, 5) is 0. The van der Waals surface area contributed by atoms with E-state index in [1.54, 1.807) is 8.61 Å². The van der Waals surface area contributed by atoms with Crippen LogP contribution in [0.4, 0.5) is 0 Å². The molecular formula is C17H34ClN3O2S. The van der Waals surface area contributed by atoms with Gasteiger partial charge in [0.2, 0.25) is 0 Å². The molecule has 1 unspecified atom stereocenters. The molecule has 1 atom stereocenters. The maximum absolute atomic E-state index is 13.0. The standard InChI is InChI=1S/C17H33N3O2S.ClH/c1-16(2)14-20(11-6-15(16)18)23(21,22)19-12-9-17(10-13-19)7-4-3-5-8-17;/h15H,3-14,18H2,1-2H3;1H. The van der Waals surface area contributed by atoms with Crippen LogP contribution in [0.2, 0.25) is 0 Å². The quantitative estimate of drug-likeness (QED) is 0.802. The van der Waals surface area contributed by atoms with Crippen LogP contribution in [-0.2, 0) is 10.2 Å². The summed E-state index contributed by atoms with van der Waals surface area (Å²) in [6.07, 6.45) is 9.44. The lowest BCUT2D eigenvalue weighted by molar-refractivity contribution is 0.0938. The van der Waals surface area contributed by atoms with Crippen molar-refractivity contribution in [3.05, 3.63) is 0 Å². The van der Waals surface area contributed by atoms with Crippen molar-refractivity contribution >= 4 is 22.6 Å². The molecule has 3 fully saturated rings. The van der Waals surface area contributed by atoms with Gasteiger partial charge in [-0.15, -0.1) is 12.4 Å². The molecule has 1 spiro atoms. The summed E-state index contributed by atoms with van der Waals surface area (Å²) in [5.41, 5.74) is 6.45. The van der Waals surface area contributed by atoms with E-state index in [9.17, 15) is 8.42 Å². The highest BCUT2D eigenvalue weighted by Gasteiger charge is 2.43. The monoisotopic (exact) mass is 379 g/mol. The Hall–Kier alpha value is 0.120. The molecule has 2 saturated heterocycles. The Kier molecular flexibility index (Phi) is 6.29. The third-order valence-corrected chi connectivity index (χ3v) is 8.61. The number of nitrogens with zero attached hydrogens (tertiary/aromatic N) is 2. The number of rotatable bonds is 2. The normalized spacial score (nSPS) is 31.5. The smallest absolute Gasteiger partial charge is 0.281 e. The molecule has 0 aromatic rings. The van der Waals surface area contributed by atoms with E-state index in [0.29, 0.717) is 31.6 Å². The largest absolute Gasteiger partial charge is 0.327 e. The van der Waals surface area contributed by atoms with Gasteiger partial charge in [0, 0.05) is 32.2 Å². The van der Waals surface area contributed by atoms with Gasteiger partial charge in [-0.05, 0) is 42.9 Å². The van der Waals surface area contributed by atoms with Crippen LogP contribution in [0.1, 0.15) is 65.2 Å². The fourth-order valence-electron chi connectivity index (χ4n) is 4.68. The van der Waals surface area contributed by atoms with Gasteiger partial charge in [0.1, 0.15) is 0 Å². The van der Waals surface area contributed by atoms with Crippen LogP contribution >= 0.6 is 12.4 Å². The zero-order valence-corrected chi connectivity index (χ0v) is 16.8. The summed E-state index contributed by atoms with van der Waals surface area (Å²) < 4.78 is 29.4. The van der Waals surface area contributed by atoms with E-state index >= 15 is 0 Å². The second-order valence-corrected chi connectivity index (χ2v) is 10.6. The first kappa shape index (κ1) is 20.4. The van der Waals surface area contributed by atoms with Crippen molar-refractivity contribution in [2.24, 2.45) is 16.6 Å². The Morgan fingerprint density at radius 1 is 0.917 bits per heavy atom. The van der Waals surface area contributed by atoms with Gasteiger partial charge in [-0.25, -0.2) is 0 Å². The number of piperidine rings is 2. The highest BCUT2D eigenvalue weighted by molar-refractivity contribution is 7.86. The summed E-state index contributed by atoms with van der Waals surface area (Å²) in [7, 11) is -3.32. The number of hydrogen-bond acceptors (Lipinski definition) is 3. The molecular weight excluding hydrogens is 346 g/mol. The molecule has 0 aromatic carbocycles. The van der Waals surface area contributed by atoms with Gasteiger partial charge in [-0.3, -0.25) is 0 Å². The second-order valence-electron chi connectivity index (χ2n) is 8.68. The van der Waals surface area contributed by atoms with Crippen LogP contribution in [0.15, 0.2) is 0 Å². The Balaban J connectivity index is 0.00000208. The lowest BCUT2D eigenvalue weighted by Gasteiger charge is -2.47. The van der Waals surface area contributed by atoms with Crippen molar-refractivity contribution in [1.29, 1.82) is 0 Å². The molecule has 2 heterocycles. The first-order valence-electron chi connectivity index (χ1n) is 9.26. The van der Waals surface area contributed by atoms with Crippen LogP contribution in [0.3, 0.4) is 0 Å². The van der Waals surface area contributed by atoms with Gasteiger partial charge in [0.15, 0.2) is 0 Å². The maximum Gasteiger partial charge on any atom is 0.281 e.